The quantitative estimate of drug-likeness (QED) is 0.831. The highest BCUT2D eigenvalue weighted by Crippen LogP contribution is 2.39. The second-order valence-electron chi connectivity index (χ2n) is 5.23. The average molecular weight is 222 g/mol. The third kappa shape index (κ3) is 2.47. The molecule has 1 aromatic heterocycles. The Morgan fingerprint density at radius 1 is 1.62 bits per heavy atom. The van der Waals surface area contributed by atoms with Crippen LogP contribution in [-0.2, 0) is 0 Å². The number of nitrogens with zero attached hydrogens (tertiary/aromatic N) is 1. The lowest BCUT2D eigenvalue weighted by molar-refractivity contribution is 0.182. The maximum atomic E-state index is 6.06. The molecule has 0 radical (unpaired) electrons. The van der Waals surface area contributed by atoms with E-state index in [9.17, 15) is 0 Å². The van der Waals surface area contributed by atoms with Crippen molar-refractivity contribution in [3.05, 3.63) is 24.2 Å². The molecule has 1 aliphatic carbocycles. The van der Waals surface area contributed by atoms with Gasteiger partial charge in [0, 0.05) is 12.6 Å². The van der Waals surface area contributed by atoms with E-state index in [2.05, 4.69) is 18.9 Å². The molecule has 2 rings (SSSR count). The monoisotopic (exact) mass is 222 g/mol. The summed E-state index contributed by atoms with van der Waals surface area (Å²) in [4.78, 5) is 2.33. The molecule has 90 valence electrons. The fraction of sp³-hybridized carbons (Fsp3) is 0.692. The van der Waals surface area contributed by atoms with E-state index in [1.165, 1.54) is 6.42 Å². The van der Waals surface area contributed by atoms with Gasteiger partial charge in [0.25, 0.3) is 0 Å². The molecular formula is C13H22N2O. The first-order valence-electron chi connectivity index (χ1n) is 6.08. The van der Waals surface area contributed by atoms with Crippen molar-refractivity contribution in [1.29, 1.82) is 0 Å². The van der Waals surface area contributed by atoms with Crippen LogP contribution in [0.2, 0.25) is 0 Å². The van der Waals surface area contributed by atoms with E-state index in [1.807, 2.05) is 19.1 Å². The third-order valence-electron chi connectivity index (χ3n) is 3.61. The second-order valence-corrected chi connectivity index (χ2v) is 5.23. The van der Waals surface area contributed by atoms with Gasteiger partial charge in [-0.3, -0.25) is 4.90 Å². The summed E-state index contributed by atoms with van der Waals surface area (Å²) in [6.45, 7) is 5.47. The number of rotatable bonds is 5. The van der Waals surface area contributed by atoms with Crippen LogP contribution in [0.5, 0.6) is 0 Å². The molecule has 4 atom stereocenters. The Balaban J connectivity index is 2.01. The first-order chi connectivity index (χ1) is 7.59. The van der Waals surface area contributed by atoms with Crippen LogP contribution in [0, 0.1) is 11.8 Å². The van der Waals surface area contributed by atoms with Crippen LogP contribution in [0.3, 0.4) is 0 Å². The van der Waals surface area contributed by atoms with Gasteiger partial charge in [-0.25, -0.2) is 0 Å². The summed E-state index contributed by atoms with van der Waals surface area (Å²) in [6, 6.07) is 4.23. The van der Waals surface area contributed by atoms with Gasteiger partial charge in [-0.1, -0.05) is 6.92 Å². The standard InChI is InChI=1S/C13H22N2O/c1-9-7-11(9)8-15(3)13(10(2)14)12-5-4-6-16-12/h4-6,9-11,13H,7-8,14H2,1-3H3. The highest BCUT2D eigenvalue weighted by atomic mass is 16.3. The molecule has 1 aliphatic rings. The Hall–Kier alpha value is -0.800. The molecule has 3 nitrogen and oxygen atoms in total. The van der Waals surface area contributed by atoms with E-state index in [1.54, 1.807) is 6.26 Å². The molecule has 0 bridgehead atoms. The first-order valence-corrected chi connectivity index (χ1v) is 6.08. The molecule has 1 heterocycles. The van der Waals surface area contributed by atoms with Crippen molar-refractivity contribution in [1.82, 2.24) is 4.90 Å². The normalized spacial score (nSPS) is 28.1. The Kier molecular flexibility index (Phi) is 3.36. The zero-order chi connectivity index (χ0) is 11.7. The lowest BCUT2D eigenvalue weighted by Crippen LogP contribution is -2.38. The van der Waals surface area contributed by atoms with Crippen molar-refractivity contribution in [2.75, 3.05) is 13.6 Å². The van der Waals surface area contributed by atoms with Crippen LogP contribution in [0.25, 0.3) is 0 Å². The smallest absolute Gasteiger partial charge is 0.122 e. The molecule has 16 heavy (non-hydrogen) atoms. The minimum absolute atomic E-state index is 0.0882. The lowest BCUT2D eigenvalue weighted by atomic mass is 10.1. The predicted molar refractivity (Wildman–Crippen MR) is 65.0 cm³/mol. The maximum Gasteiger partial charge on any atom is 0.122 e. The van der Waals surface area contributed by atoms with Crippen molar-refractivity contribution in [3.8, 4) is 0 Å². The van der Waals surface area contributed by atoms with E-state index in [-0.39, 0.29) is 12.1 Å². The summed E-state index contributed by atoms with van der Waals surface area (Å²) in [5.41, 5.74) is 6.06. The van der Waals surface area contributed by atoms with Crippen LogP contribution < -0.4 is 5.73 Å². The third-order valence-corrected chi connectivity index (χ3v) is 3.61. The summed E-state index contributed by atoms with van der Waals surface area (Å²) in [7, 11) is 2.14. The van der Waals surface area contributed by atoms with Crippen molar-refractivity contribution in [2.45, 2.75) is 32.4 Å². The molecular weight excluding hydrogens is 200 g/mol. The van der Waals surface area contributed by atoms with Crippen molar-refractivity contribution < 1.29 is 4.42 Å². The number of nitrogens with two attached hydrogens (primary N) is 1. The summed E-state index contributed by atoms with van der Waals surface area (Å²) in [6.07, 6.45) is 3.08. The van der Waals surface area contributed by atoms with Gasteiger partial charge in [0.15, 0.2) is 0 Å². The van der Waals surface area contributed by atoms with Crippen LogP contribution in [0.4, 0.5) is 0 Å². The molecule has 2 N–H and O–H groups in total. The summed E-state index contributed by atoms with van der Waals surface area (Å²) in [5.74, 6) is 2.71. The molecule has 3 heteroatoms. The fourth-order valence-electron chi connectivity index (χ4n) is 2.47. The number of furan rings is 1. The van der Waals surface area contributed by atoms with Crippen molar-refractivity contribution in [3.63, 3.8) is 0 Å². The van der Waals surface area contributed by atoms with E-state index >= 15 is 0 Å². The van der Waals surface area contributed by atoms with Crippen molar-refractivity contribution in [2.24, 2.45) is 17.6 Å². The topological polar surface area (TPSA) is 42.4 Å². The van der Waals surface area contributed by atoms with Gasteiger partial charge in [0.1, 0.15) is 5.76 Å². The van der Waals surface area contributed by atoms with E-state index in [4.69, 9.17) is 10.2 Å². The Morgan fingerprint density at radius 2 is 2.31 bits per heavy atom. The van der Waals surface area contributed by atoms with Crippen LogP contribution in [-0.4, -0.2) is 24.5 Å². The Morgan fingerprint density at radius 3 is 2.75 bits per heavy atom. The Bertz CT molecular complexity index is 321. The van der Waals surface area contributed by atoms with Gasteiger partial charge >= 0.3 is 0 Å². The predicted octanol–water partition coefficient (Wildman–Crippen LogP) is 2.26. The van der Waals surface area contributed by atoms with Crippen LogP contribution in [0.1, 0.15) is 32.1 Å². The lowest BCUT2D eigenvalue weighted by Gasteiger charge is -2.29. The molecule has 0 spiro atoms. The van der Waals surface area contributed by atoms with Gasteiger partial charge in [-0.2, -0.15) is 0 Å². The zero-order valence-corrected chi connectivity index (χ0v) is 10.4. The molecule has 1 aromatic rings. The van der Waals surface area contributed by atoms with Crippen LogP contribution >= 0.6 is 0 Å². The number of hydrogen-bond donors (Lipinski definition) is 1. The van der Waals surface area contributed by atoms with E-state index < -0.39 is 0 Å². The molecule has 0 amide bonds. The van der Waals surface area contributed by atoms with Crippen molar-refractivity contribution >= 4 is 0 Å². The SMILES string of the molecule is CC(N)C(c1ccco1)N(C)CC1CC1C. The highest BCUT2D eigenvalue weighted by Gasteiger charge is 2.35. The zero-order valence-electron chi connectivity index (χ0n) is 10.4. The van der Waals surface area contributed by atoms with Gasteiger partial charge in [0.2, 0.25) is 0 Å². The second kappa shape index (κ2) is 4.60. The minimum Gasteiger partial charge on any atom is -0.468 e. The molecule has 1 saturated carbocycles. The van der Waals surface area contributed by atoms with Gasteiger partial charge in [0.05, 0.1) is 12.3 Å². The van der Waals surface area contributed by atoms with Crippen LogP contribution in [0.15, 0.2) is 22.8 Å². The highest BCUT2D eigenvalue weighted by molar-refractivity contribution is 5.07. The number of likely N-dealkylation sites (N-methyl/N-ethyl adjacent to an activating group) is 1. The number of hydrogen-bond acceptors (Lipinski definition) is 3. The van der Waals surface area contributed by atoms with E-state index in [0.717, 1.165) is 24.1 Å². The van der Waals surface area contributed by atoms with Gasteiger partial charge in [-0.15, -0.1) is 0 Å². The summed E-state index contributed by atoms with van der Waals surface area (Å²) >= 11 is 0. The van der Waals surface area contributed by atoms with Gasteiger partial charge in [-0.05, 0) is 44.4 Å². The summed E-state index contributed by atoms with van der Waals surface area (Å²) < 4.78 is 5.49. The first kappa shape index (κ1) is 11.7. The molecule has 1 fully saturated rings. The molecule has 0 saturated heterocycles. The largest absolute Gasteiger partial charge is 0.468 e. The van der Waals surface area contributed by atoms with E-state index in [0.29, 0.717) is 0 Å². The maximum absolute atomic E-state index is 6.06. The fourth-order valence-corrected chi connectivity index (χ4v) is 2.47. The average Bonchev–Trinajstić information content (AvgIpc) is 2.68. The van der Waals surface area contributed by atoms with Gasteiger partial charge < -0.3 is 10.2 Å². The molecule has 4 unspecified atom stereocenters. The minimum atomic E-state index is 0.0882. The Labute approximate surface area is 97.6 Å². The molecule has 0 aromatic carbocycles. The summed E-state index contributed by atoms with van der Waals surface area (Å²) in [5, 5.41) is 0. The molecule has 0 aliphatic heterocycles.